The van der Waals surface area contributed by atoms with Gasteiger partial charge >= 0.3 is 0 Å². The lowest BCUT2D eigenvalue weighted by atomic mass is 10.00. The van der Waals surface area contributed by atoms with Gasteiger partial charge in [-0.3, -0.25) is 4.98 Å². The van der Waals surface area contributed by atoms with E-state index < -0.39 is 9.84 Å². The summed E-state index contributed by atoms with van der Waals surface area (Å²) in [6, 6.07) is 6.08. The molecule has 0 atom stereocenters. The zero-order chi connectivity index (χ0) is 17.2. The van der Waals surface area contributed by atoms with Crippen LogP contribution in [0.4, 0.5) is 5.69 Å². The van der Waals surface area contributed by atoms with Gasteiger partial charge in [0.2, 0.25) is 0 Å². The van der Waals surface area contributed by atoms with E-state index >= 15 is 0 Å². The second-order valence-corrected chi connectivity index (χ2v) is 9.59. The van der Waals surface area contributed by atoms with Crippen molar-refractivity contribution in [2.45, 2.75) is 43.0 Å². The van der Waals surface area contributed by atoms with Crippen LogP contribution in [0.3, 0.4) is 0 Å². The molecule has 0 saturated heterocycles. The Bertz CT molecular complexity index is 1020. The first kappa shape index (κ1) is 15.2. The lowest BCUT2D eigenvalue weighted by molar-refractivity contribution is 0.568. The fraction of sp³-hybridized carbons (Fsp3) is 0.474. The first-order chi connectivity index (χ1) is 12.1. The van der Waals surface area contributed by atoms with E-state index in [0.717, 1.165) is 22.2 Å². The van der Waals surface area contributed by atoms with Crippen molar-refractivity contribution in [2.24, 2.45) is 11.8 Å². The van der Waals surface area contributed by atoms with Crippen LogP contribution in [-0.2, 0) is 16.3 Å². The van der Waals surface area contributed by atoms with Gasteiger partial charge in [0.25, 0.3) is 0 Å². The van der Waals surface area contributed by atoms with Crippen LogP contribution in [0.5, 0.6) is 0 Å². The highest BCUT2D eigenvalue weighted by Gasteiger charge is 2.42. The summed E-state index contributed by atoms with van der Waals surface area (Å²) in [6.07, 6.45) is 7.07. The molecule has 2 saturated carbocycles. The van der Waals surface area contributed by atoms with Crippen molar-refractivity contribution in [2.75, 3.05) is 11.1 Å². The first-order valence-corrected chi connectivity index (χ1v) is 10.6. The molecular weight excluding hydrogens is 334 g/mol. The number of anilines is 1. The topological polar surface area (TPSA) is 82.8 Å². The molecule has 1 aromatic heterocycles. The number of sulfone groups is 1. The van der Waals surface area contributed by atoms with Gasteiger partial charge in [-0.1, -0.05) is 0 Å². The van der Waals surface area contributed by atoms with Crippen LogP contribution in [-0.4, -0.2) is 25.2 Å². The maximum atomic E-state index is 12.3. The molecule has 0 unspecified atom stereocenters. The Morgan fingerprint density at radius 2 is 1.92 bits per heavy atom. The Balaban J connectivity index is 1.72. The van der Waals surface area contributed by atoms with Crippen LogP contribution in [0.1, 0.15) is 36.8 Å². The van der Waals surface area contributed by atoms with Crippen molar-refractivity contribution in [3.05, 3.63) is 29.5 Å². The van der Waals surface area contributed by atoms with E-state index in [-0.39, 0.29) is 5.75 Å². The predicted octanol–water partition coefficient (Wildman–Crippen LogP) is 3.04. The van der Waals surface area contributed by atoms with E-state index in [1.165, 1.54) is 25.7 Å². The molecule has 2 aromatic rings. The minimum Gasteiger partial charge on any atom is -0.380 e. The highest BCUT2D eigenvalue weighted by atomic mass is 32.2. The molecule has 6 heteroatoms. The second kappa shape index (κ2) is 5.18. The van der Waals surface area contributed by atoms with E-state index in [4.69, 9.17) is 0 Å². The number of hydrogen-bond donors (Lipinski definition) is 1. The smallest absolute Gasteiger partial charge is 0.179 e. The third-order valence-electron chi connectivity index (χ3n) is 5.75. The van der Waals surface area contributed by atoms with Gasteiger partial charge in [0, 0.05) is 17.6 Å². The highest BCUT2D eigenvalue weighted by Crippen LogP contribution is 2.47. The monoisotopic (exact) mass is 353 g/mol. The molecule has 3 aliphatic rings. The molecule has 2 aliphatic carbocycles. The van der Waals surface area contributed by atoms with Crippen molar-refractivity contribution >= 4 is 26.4 Å². The maximum absolute atomic E-state index is 12.3. The quantitative estimate of drug-likeness (QED) is 0.913. The van der Waals surface area contributed by atoms with Crippen molar-refractivity contribution in [1.82, 2.24) is 4.98 Å². The van der Waals surface area contributed by atoms with Gasteiger partial charge in [0.1, 0.15) is 6.07 Å². The van der Waals surface area contributed by atoms with Gasteiger partial charge in [-0.15, -0.1) is 0 Å². The van der Waals surface area contributed by atoms with Crippen molar-refractivity contribution in [1.29, 1.82) is 5.26 Å². The zero-order valence-electron chi connectivity index (χ0n) is 13.8. The molecule has 0 bridgehead atoms. The zero-order valence-corrected chi connectivity index (χ0v) is 14.6. The van der Waals surface area contributed by atoms with Crippen LogP contribution in [0.15, 0.2) is 23.2 Å². The summed E-state index contributed by atoms with van der Waals surface area (Å²) < 4.78 is 24.6. The maximum Gasteiger partial charge on any atom is 0.179 e. The summed E-state index contributed by atoms with van der Waals surface area (Å²) in [5.41, 5.74) is 2.90. The molecule has 5 rings (SSSR count). The van der Waals surface area contributed by atoms with Crippen molar-refractivity contribution in [3.63, 3.8) is 0 Å². The Labute approximate surface area is 147 Å². The number of rotatable bonds is 4. The Hall–Kier alpha value is -2.13. The molecule has 2 fully saturated rings. The summed E-state index contributed by atoms with van der Waals surface area (Å²) in [4.78, 5) is 4.82. The van der Waals surface area contributed by atoms with Gasteiger partial charge in [0.15, 0.2) is 9.84 Å². The molecule has 128 valence electrons. The Morgan fingerprint density at radius 3 is 2.56 bits per heavy atom. The molecule has 1 N–H and O–H groups in total. The minimum absolute atomic E-state index is 0.145. The predicted molar refractivity (Wildman–Crippen MR) is 95.1 cm³/mol. The third-order valence-corrected chi connectivity index (χ3v) is 7.54. The molecule has 0 spiro atoms. The summed E-state index contributed by atoms with van der Waals surface area (Å²) in [5, 5.41) is 14.1. The highest BCUT2D eigenvalue weighted by molar-refractivity contribution is 7.91. The van der Waals surface area contributed by atoms with Gasteiger partial charge < -0.3 is 5.32 Å². The molecule has 1 aliphatic heterocycles. The number of benzene rings is 1. The summed E-state index contributed by atoms with van der Waals surface area (Å²) in [5.74, 6) is 1.51. The third kappa shape index (κ3) is 2.41. The number of fused-ring (bicyclic) bond motifs is 3. The molecule has 0 amide bonds. The van der Waals surface area contributed by atoms with Crippen molar-refractivity contribution < 1.29 is 8.42 Å². The van der Waals surface area contributed by atoms with E-state index in [2.05, 4.69) is 16.4 Å². The average Bonchev–Trinajstić information content (AvgIpc) is 3.51. The van der Waals surface area contributed by atoms with Crippen LogP contribution in [0.25, 0.3) is 10.9 Å². The molecule has 1 aromatic carbocycles. The standard InChI is InChI=1S/C19H19N3O2S/c20-9-13-10-21-15-5-6-16-14(7-8-25(16,23)24)17(15)19(13)22-18(11-1-2-11)12-3-4-12/h5-6,10-12,18H,1-4,7-8H2,(H,21,22). The number of aryl methyl sites for hydroxylation is 1. The van der Waals surface area contributed by atoms with Crippen molar-refractivity contribution in [3.8, 4) is 6.07 Å². The molecule has 5 nitrogen and oxygen atoms in total. The lowest BCUT2D eigenvalue weighted by Gasteiger charge is -2.22. The second-order valence-electron chi connectivity index (χ2n) is 7.51. The molecule has 2 heterocycles. The summed E-state index contributed by atoms with van der Waals surface area (Å²) in [7, 11) is -3.21. The number of nitrogens with one attached hydrogen (secondary N) is 1. The van der Waals surface area contributed by atoms with E-state index in [1.54, 1.807) is 18.3 Å². The molecule has 25 heavy (non-hydrogen) atoms. The lowest BCUT2D eigenvalue weighted by Crippen LogP contribution is -2.25. The largest absolute Gasteiger partial charge is 0.380 e. The van der Waals surface area contributed by atoms with Gasteiger partial charge in [-0.05, 0) is 61.6 Å². The fourth-order valence-corrected chi connectivity index (χ4v) is 5.70. The number of pyridine rings is 1. The van der Waals surface area contributed by atoms with E-state index in [0.29, 0.717) is 34.8 Å². The van der Waals surface area contributed by atoms with Gasteiger partial charge in [-0.2, -0.15) is 5.26 Å². The normalized spacial score (nSPS) is 21.3. The molecule has 0 radical (unpaired) electrons. The number of nitrogens with zero attached hydrogens (tertiary/aromatic N) is 2. The Kier molecular flexibility index (Phi) is 3.14. The van der Waals surface area contributed by atoms with Gasteiger partial charge in [-0.25, -0.2) is 8.42 Å². The van der Waals surface area contributed by atoms with E-state index in [9.17, 15) is 13.7 Å². The fourth-order valence-electron chi connectivity index (χ4n) is 4.15. The average molecular weight is 353 g/mol. The summed E-state index contributed by atoms with van der Waals surface area (Å²) >= 11 is 0. The van der Waals surface area contributed by atoms with Crippen LogP contribution >= 0.6 is 0 Å². The number of aromatic nitrogens is 1. The number of nitriles is 1. The van der Waals surface area contributed by atoms with Gasteiger partial charge in [0.05, 0.1) is 27.4 Å². The van der Waals surface area contributed by atoms with Crippen LogP contribution < -0.4 is 5.32 Å². The number of hydrogen-bond acceptors (Lipinski definition) is 5. The minimum atomic E-state index is -3.21. The van der Waals surface area contributed by atoms with Crippen LogP contribution in [0, 0.1) is 23.2 Å². The summed E-state index contributed by atoms with van der Waals surface area (Å²) in [6.45, 7) is 0. The Morgan fingerprint density at radius 1 is 1.20 bits per heavy atom. The first-order valence-electron chi connectivity index (χ1n) is 8.92. The molecular formula is C19H19N3O2S. The van der Waals surface area contributed by atoms with E-state index in [1.807, 2.05) is 0 Å². The van der Waals surface area contributed by atoms with Crippen LogP contribution in [0.2, 0.25) is 0 Å². The SMILES string of the molecule is N#Cc1cnc2ccc3c(c2c1NC(C1CC1)C1CC1)CCS3(=O)=O.